The lowest BCUT2D eigenvalue weighted by Gasteiger charge is -2.10. The normalized spacial score (nSPS) is 10.2. The number of rotatable bonds is 7. The van der Waals surface area contributed by atoms with Gasteiger partial charge in [-0.25, -0.2) is 4.39 Å². The zero-order valence-electron chi connectivity index (χ0n) is 11.9. The van der Waals surface area contributed by atoms with Gasteiger partial charge in [-0.05, 0) is 24.5 Å². The van der Waals surface area contributed by atoms with Gasteiger partial charge in [-0.2, -0.15) is 5.26 Å². The Morgan fingerprint density at radius 3 is 2.80 bits per heavy atom. The summed E-state index contributed by atoms with van der Waals surface area (Å²) in [7, 11) is 0. The number of benzene rings is 1. The van der Waals surface area contributed by atoms with Crippen molar-refractivity contribution in [3.8, 4) is 6.07 Å². The molecule has 1 aromatic carbocycles. The molecule has 20 heavy (non-hydrogen) atoms. The minimum atomic E-state index is -0.543. The van der Waals surface area contributed by atoms with Gasteiger partial charge in [0.1, 0.15) is 17.4 Å². The minimum Gasteiger partial charge on any atom is -0.382 e. The smallest absolute Gasteiger partial charge is 0.220 e. The summed E-state index contributed by atoms with van der Waals surface area (Å²) in [6.45, 7) is 5.04. The van der Waals surface area contributed by atoms with Crippen LogP contribution in [0.15, 0.2) is 18.2 Å². The van der Waals surface area contributed by atoms with E-state index in [4.69, 9.17) is 5.26 Å². The highest BCUT2D eigenvalue weighted by Gasteiger charge is 2.07. The van der Waals surface area contributed by atoms with Crippen LogP contribution in [-0.4, -0.2) is 19.0 Å². The maximum Gasteiger partial charge on any atom is 0.220 e. The van der Waals surface area contributed by atoms with Crippen molar-refractivity contribution in [2.45, 2.75) is 26.7 Å². The van der Waals surface area contributed by atoms with Gasteiger partial charge in [-0.15, -0.1) is 0 Å². The molecular weight excluding hydrogens is 257 g/mol. The number of hydrogen-bond acceptors (Lipinski definition) is 3. The number of nitrogens with one attached hydrogen (secondary N) is 2. The quantitative estimate of drug-likeness (QED) is 0.753. The molecule has 0 aromatic heterocycles. The Hall–Kier alpha value is -2.09. The van der Waals surface area contributed by atoms with E-state index in [2.05, 4.69) is 24.5 Å². The highest BCUT2D eigenvalue weighted by molar-refractivity contribution is 5.75. The molecule has 0 heterocycles. The minimum absolute atomic E-state index is 0.00126. The van der Waals surface area contributed by atoms with E-state index in [1.54, 1.807) is 12.1 Å². The second-order valence-corrected chi connectivity index (χ2v) is 4.98. The number of nitrogens with zero attached hydrogens (tertiary/aromatic N) is 1. The lowest BCUT2D eigenvalue weighted by atomic mass is 10.1. The summed E-state index contributed by atoms with van der Waals surface area (Å²) in [5.41, 5.74) is 0.447. The van der Waals surface area contributed by atoms with E-state index in [1.165, 1.54) is 6.07 Å². The number of hydrogen-bond donors (Lipinski definition) is 2. The van der Waals surface area contributed by atoms with Gasteiger partial charge in [0, 0.05) is 19.5 Å². The van der Waals surface area contributed by atoms with Crippen LogP contribution in [0.4, 0.5) is 10.1 Å². The van der Waals surface area contributed by atoms with Crippen molar-refractivity contribution < 1.29 is 9.18 Å². The van der Waals surface area contributed by atoms with Crippen LogP contribution in [0.3, 0.4) is 0 Å². The second-order valence-electron chi connectivity index (χ2n) is 4.98. The van der Waals surface area contributed by atoms with E-state index < -0.39 is 5.82 Å². The van der Waals surface area contributed by atoms with Crippen molar-refractivity contribution >= 4 is 11.6 Å². The van der Waals surface area contributed by atoms with Gasteiger partial charge in [0.25, 0.3) is 0 Å². The first-order chi connectivity index (χ1) is 9.54. The fourth-order valence-corrected chi connectivity index (χ4v) is 1.69. The monoisotopic (exact) mass is 277 g/mol. The van der Waals surface area contributed by atoms with Gasteiger partial charge in [-0.3, -0.25) is 4.79 Å². The van der Waals surface area contributed by atoms with Crippen LogP contribution < -0.4 is 10.6 Å². The Labute approximate surface area is 119 Å². The molecule has 0 atom stereocenters. The maximum atomic E-state index is 13.3. The van der Waals surface area contributed by atoms with Gasteiger partial charge in [-0.1, -0.05) is 19.9 Å². The third-order valence-electron chi connectivity index (χ3n) is 2.84. The zero-order chi connectivity index (χ0) is 15.0. The van der Waals surface area contributed by atoms with Crippen molar-refractivity contribution in [2.75, 3.05) is 18.4 Å². The van der Waals surface area contributed by atoms with Gasteiger partial charge in [0.2, 0.25) is 5.91 Å². The molecule has 5 heteroatoms. The second kappa shape index (κ2) is 8.16. The third-order valence-corrected chi connectivity index (χ3v) is 2.84. The van der Waals surface area contributed by atoms with Crippen LogP contribution >= 0.6 is 0 Å². The molecule has 0 radical (unpaired) electrons. The summed E-state index contributed by atoms with van der Waals surface area (Å²) in [5.74, 6) is -0.0249. The first-order valence-corrected chi connectivity index (χ1v) is 6.73. The number of nitriles is 1. The summed E-state index contributed by atoms with van der Waals surface area (Å²) in [5, 5.41) is 14.6. The average molecular weight is 277 g/mol. The molecule has 0 unspecified atom stereocenters. The molecule has 0 bridgehead atoms. The third kappa shape index (κ3) is 5.27. The first kappa shape index (κ1) is 16.0. The van der Waals surface area contributed by atoms with Gasteiger partial charge >= 0.3 is 0 Å². The Bertz CT molecular complexity index is 494. The van der Waals surface area contributed by atoms with E-state index in [0.717, 1.165) is 6.42 Å². The summed E-state index contributed by atoms with van der Waals surface area (Å²) >= 11 is 0. The topological polar surface area (TPSA) is 64.9 Å². The van der Waals surface area contributed by atoms with Gasteiger partial charge < -0.3 is 10.6 Å². The molecule has 2 N–H and O–H groups in total. The summed E-state index contributed by atoms with van der Waals surface area (Å²) in [4.78, 5) is 11.5. The number of carbonyl (C=O) groups excluding carboxylic acids is 1. The molecule has 0 saturated heterocycles. The van der Waals surface area contributed by atoms with E-state index in [9.17, 15) is 9.18 Å². The molecular formula is C15H20FN3O. The number of amides is 1. The average Bonchev–Trinajstić information content (AvgIpc) is 2.41. The van der Waals surface area contributed by atoms with Crippen LogP contribution in [0.25, 0.3) is 0 Å². The summed E-state index contributed by atoms with van der Waals surface area (Å²) < 4.78 is 13.3. The largest absolute Gasteiger partial charge is 0.382 e. The standard InChI is InChI=1S/C15H20FN3O/c1-11(2)6-7-15(20)19-9-8-18-14-5-3-4-13(16)12(14)10-17/h3-5,11,18H,6-9H2,1-2H3,(H,19,20). The molecule has 1 rings (SSSR count). The first-order valence-electron chi connectivity index (χ1n) is 6.73. The van der Waals surface area contributed by atoms with Gasteiger partial charge in [0.15, 0.2) is 0 Å². The van der Waals surface area contributed by atoms with Gasteiger partial charge in [0.05, 0.1) is 5.69 Å². The van der Waals surface area contributed by atoms with E-state index in [-0.39, 0.29) is 11.5 Å². The Morgan fingerprint density at radius 1 is 1.40 bits per heavy atom. The predicted octanol–water partition coefficient (Wildman–Crippen LogP) is 2.66. The van der Waals surface area contributed by atoms with Crippen molar-refractivity contribution in [1.82, 2.24) is 5.32 Å². The Kier molecular flexibility index (Phi) is 6.51. The SMILES string of the molecule is CC(C)CCC(=O)NCCNc1cccc(F)c1C#N. The molecule has 0 spiro atoms. The van der Waals surface area contributed by atoms with Crippen molar-refractivity contribution in [1.29, 1.82) is 5.26 Å². The number of anilines is 1. The maximum absolute atomic E-state index is 13.3. The molecule has 0 aliphatic heterocycles. The van der Waals surface area contributed by atoms with E-state index >= 15 is 0 Å². The molecule has 1 amide bonds. The predicted molar refractivity (Wildman–Crippen MR) is 76.7 cm³/mol. The molecule has 1 aromatic rings. The molecule has 0 saturated carbocycles. The van der Waals surface area contributed by atoms with Crippen LogP contribution in [0, 0.1) is 23.1 Å². The van der Waals surface area contributed by atoms with Crippen LogP contribution in [0.1, 0.15) is 32.3 Å². The van der Waals surface area contributed by atoms with Crippen molar-refractivity contribution in [3.05, 3.63) is 29.6 Å². The fraction of sp³-hybridized carbons (Fsp3) is 0.467. The summed E-state index contributed by atoms with van der Waals surface area (Å²) in [6.07, 6.45) is 1.38. The molecule has 4 nitrogen and oxygen atoms in total. The molecule has 0 fully saturated rings. The van der Waals surface area contributed by atoms with Crippen molar-refractivity contribution in [2.24, 2.45) is 5.92 Å². The van der Waals surface area contributed by atoms with Crippen LogP contribution in [0.5, 0.6) is 0 Å². The molecule has 0 aliphatic rings. The molecule has 108 valence electrons. The highest BCUT2D eigenvalue weighted by atomic mass is 19.1. The lowest BCUT2D eigenvalue weighted by Crippen LogP contribution is -2.28. The molecule has 0 aliphatic carbocycles. The summed E-state index contributed by atoms with van der Waals surface area (Å²) in [6, 6.07) is 6.25. The van der Waals surface area contributed by atoms with Crippen LogP contribution in [0.2, 0.25) is 0 Å². The number of carbonyl (C=O) groups is 1. The fourth-order valence-electron chi connectivity index (χ4n) is 1.69. The Balaban J connectivity index is 2.33. The number of halogens is 1. The van der Waals surface area contributed by atoms with E-state index in [1.807, 2.05) is 6.07 Å². The Morgan fingerprint density at radius 2 is 2.15 bits per heavy atom. The lowest BCUT2D eigenvalue weighted by molar-refractivity contribution is -0.121. The highest BCUT2D eigenvalue weighted by Crippen LogP contribution is 2.17. The van der Waals surface area contributed by atoms with E-state index in [0.29, 0.717) is 31.1 Å². The van der Waals surface area contributed by atoms with Crippen LogP contribution in [-0.2, 0) is 4.79 Å². The van der Waals surface area contributed by atoms with Crippen molar-refractivity contribution in [3.63, 3.8) is 0 Å². The zero-order valence-corrected chi connectivity index (χ0v) is 11.9.